The Kier molecular flexibility index (Phi) is 5.46. The summed E-state index contributed by atoms with van der Waals surface area (Å²) < 4.78 is 40.4. The van der Waals surface area contributed by atoms with Gasteiger partial charge in [-0.05, 0) is 36.8 Å². The fraction of sp³-hybridized carbons (Fsp3) is 0.250. The van der Waals surface area contributed by atoms with Gasteiger partial charge in [-0.3, -0.25) is 0 Å². The van der Waals surface area contributed by atoms with Gasteiger partial charge in [-0.25, -0.2) is 0 Å². The summed E-state index contributed by atoms with van der Waals surface area (Å²) in [6, 6.07) is 11.0. The highest BCUT2D eigenvalue weighted by Crippen LogP contribution is 2.29. The van der Waals surface area contributed by atoms with Crippen LogP contribution in [-0.4, -0.2) is 33.8 Å². The molecule has 0 aromatic heterocycles. The molecule has 124 valence electrons. The molecule has 0 atom stereocenters. The molecule has 0 saturated carbocycles. The van der Waals surface area contributed by atoms with Gasteiger partial charge in [0.1, 0.15) is 28.8 Å². The molecule has 23 heavy (non-hydrogen) atoms. The zero-order valence-corrected chi connectivity index (χ0v) is 13.7. The van der Waals surface area contributed by atoms with Gasteiger partial charge in [-0.2, -0.15) is 8.42 Å². The highest BCUT2D eigenvalue weighted by Gasteiger charge is 2.21. The van der Waals surface area contributed by atoms with E-state index in [1.54, 1.807) is 37.3 Å². The Labute approximate surface area is 135 Å². The Hall–Kier alpha value is -2.25. The molecule has 0 aliphatic heterocycles. The van der Waals surface area contributed by atoms with Crippen molar-refractivity contribution in [1.29, 1.82) is 0 Å². The van der Waals surface area contributed by atoms with E-state index in [-0.39, 0.29) is 29.6 Å². The fourth-order valence-corrected chi connectivity index (χ4v) is 3.09. The average molecular weight is 338 g/mol. The first kappa shape index (κ1) is 17.1. The first-order valence-electron chi connectivity index (χ1n) is 6.89. The Morgan fingerprint density at radius 3 is 2.48 bits per heavy atom. The van der Waals surface area contributed by atoms with Crippen molar-refractivity contribution in [3.05, 3.63) is 48.0 Å². The van der Waals surface area contributed by atoms with Crippen LogP contribution in [0.25, 0.3) is 0 Å². The molecular weight excluding hydrogens is 320 g/mol. The Balaban J connectivity index is 2.32. The second-order valence-corrected chi connectivity index (χ2v) is 6.26. The number of hydrogen-bond acceptors (Lipinski definition) is 6. The maximum atomic E-state index is 12.4. The second kappa shape index (κ2) is 7.34. The summed E-state index contributed by atoms with van der Waals surface area (Å²) in [6.45, 7) is 1.76. The quantitative estimate of drug-likeness (QED) is 0.779. The van der Waals surface area contributed by atoms with Crippen LogP contribution in [0.15, 0.2) is 47.4 Å². The third-order valence-corrected chi connectivity index (χ3v) is 4.22. The highest BCUT2D eigenvalue weighted by atomic mass is 32.2. The van der Waals surface area contributed by atoms with Crippen LogP contribution in [0.2, 0.25) is 0 Å². The number of para-hydroxylation sites is 1. The van der Waals surface area contributed by atoms with E-state index in [0.717, 1.165) is 5.56 Å². The van der Waals surface area contributed by atoms with Crippen LogP contribution in [0, 0.1) is 6.92 Å². The van der Waals surface area contributed by atoms with Gasteiger partial charge in [0.15, 0.2) is 0 Å². The Bertz CT molecular complexity index is 770. The lowest BCUT2D eigenvalue weighted by molar-refractivity contribution is 0.201. The van der Waals surface area contributed by atoms with Crippen molar-refractivity contribution < 1.29 is 27.2 Å². The molecule has 0 saturated heterocycles. The predicted octanol–water partition coefficient (Wildman–Crippen LogP) is 2.14. The molecule has 0 heterocycles. The van der Waals surface area contributed by atoms with E-state index in [1.165, 1.54) is 19.2 Å². The molecule has 1 N–H and O–H groups in total. The first-order chi connectivity index (χ1) is 11.0. The molecule has 2 aromatic carbocycles. The molecular formula is C16H18O6S. The minimum atomic E-state index is -4.04. The van der Waals surface area contributed by atoms with Gasteiger partial charge in [0.25, 0.3) is 0 Å². The third-order valence-electron chi connectivity index (χ3n) is 2.93. The van der Waals surface area contributed by atoms with Gasteiger partial charge in [0, 0.05) is 6.07 Å². The molecule has 0 spiro atoms. The van der Waals surface area contributed by atoms with Crippen molar-refractivity contribution in [3.63, 3.8) is 0 Å². The summed E-state index contributed by atoms with van der Waals surface area (Å²) in [7, 11) is -2.65. The average Bonchev–Trinajstić information content (AvgIpc) is 2.52. The summed E-state index contributed by atoms with van der Waals surface area (Å²) in [6.07, 6.45) is 0. The van der Waals surface area contributed by atoms with Crippen LogP contribution in [-0.2, 0) is 10.1 Å². The summed E-state index contributed by atoms with van der Waals surface area (Å²) in [5.74, 6) is 0.755. The van der Waals surface area contributed by atoms with Crippen LogP contribution in [0.4, 0.5) is 0 Å². The zero-order valence-electron chi connectivity index (χ0n) is 12.9. The minimum absolute atomic E-state index is 0.0539. The summed E-state index contributed by atoms with van der Waals surface area (Å²) in [5.41, 5.74) is 0.769. The highest BCUT2D eigenvalue weighted by molar-refractivity contribution is 7.87. The van der Waals surface area contributed by atoms with E-state index < -0.39 is 10.1 Å². The van der Waals surface area contributed by atoms with Crippen LogP contribution in [0.1, 0.15) is 5.56 Å². The monoisotopic (exact) mass is 338 g/mol. The molecule has 0 unspecified atom stereocenters. The molecule has 0 amide bonds. The van der Waals surface area contributed by atoms with Gasteiger partial charge in [-0.1, -0.05) is 12.1 Å². The van der Waals surface area contributed by atoms with E-state index in [2.05, 4.69) is 0 Å². The van der Waals surface area contributed by atoms with Crippen LogP contribution in [0.5, 0.6) is 17.2 Å². The van der Waals surface area contributed by atoms with Crippen molar-refractivity contribution in [2.75, 3.05) is 20.3 Å². The minimum Gasteiger partial charge on any atom is -0.495 e. The normalized spacial score (nSPS) is 11.1. The van der Waals surface area contributed by atoms with Crippen molar-refractivity contribution in [2.45, 2.75) is 11.8 Å². The maximum Gasteiger partial charge on any atom is 0.342 e. The van der Waals surface area contributed by atoms with Crippen molar-refractivity contribution in [3.8, 4) is 17.2 Å². The lowest BCUT2D eigenvalue weighted by atomic mass is 10.2. The number of aliphatic hydroxyl groups is 1. The maximum absolute atomic E-state index is 12.4. The third kappa shape index (κ3) is 4.37. The molecule has 0 bridgehead atoms. The Morgan fingerprint density at radius 2 is 1.78 bits per heavy atom. The SMILES string of the molecule is COc1ccccc1S(=O)(=O)Oc1cc(C)cc(OCCO)c1. The lowest BCUT2D eigenvalue weighted by Gasteiger charge is -2.12. The van der Waals surface area contributed by atoms with Gasteiger partial charge >= 0.3 is 10.1 Å². The topological polar surface area (TPSA) is 82.1 Å². The fourth-order valence-electron chi connectivity index (χ4n) is 2.01. The standard InChI is InChI=1S/C16H18O6S/c1-12-9-13(21-8-7-17)11-14(10-12)22-23(18,19)16-6-4-3-5-15(16)20-2/h3-6,9-11,17H,7-8H2,1-2H3. The number of methoxy groups -OCH3 is 1. The number of hydrogen-bond donors (Lipinski definition) is 1. The summed E-state index contributed by atoms with van der Waals surface area (Å²) in [5, 5.41) is 8.79. The van der Waals surface area contributed by atoms with Crippen LogP contribution in [0.3, 0.4) is 0 Å². The lowest BCUT2D eigenvalue weighted by Crippen LogP contribution is -2.11. The van der Waals surface area contributed by atoms with E-state index >= 15 is 0 Å². The molecule has 2 rings (SSSR count). The van der Waals surface area contributed by atoms with E-state index in [0.29, 0.717) is 5.75 Å². The van der Waals surface area contributed by atoms with Gasteiger partial charge in [-0.15, -0.1) is 0 Å². The predicted molar refractivity (Wildman–Crippen MR) is 84.6 cm³/mol. The molecule has 0 radical (unpaired) electrons. The van der Waals surface area contributed by atoms with E-state index in [4.69, 9.17) is 18.8 Å². The second-order valence-electron chi connectivity index (χ2n) is 4.74. The summed E-state index contributed by atoms with van der Waals surface area (Å²) >= 11 is 0. The molecule has 0 aliphatic rings. The first-order valence-corrected chi connectivity index (χ1v) is 8.30. The molecule has 7 heteroatoms. The zero-order chi connectivity index (χ0) is 16.9. The van der Waals surface area contributed by atoms with Crippen LogP contribution < -0.4 is 13.7 Å². The van der Waals surface area contributed by atoms with Crippen molar-refractivity contribution >= 4 is 10.1 Å². The molecule has 6 nitrogen and oxygen atoms in total. The number of rotatable bonds is 7. The van der Waals surface area contributed by atoms with Gasteiger partial charge in [0.2, 0.25) is 0 Å². The number of ether oxygens (including phenoxy) is 2. The molecule has 0 fully saturated rings. The smallest absolute Gasteiger partial charge is 0.342 e. The number of benzene rings is 2. The van der Waals surface area contributed by atoms with Crippen LogP contribution >= 0.6 is 0 Å². The van der Waals surface area contributed by atoms with Gasteiger partial charge in [0.05, 0.1) is 13.7 Å². The van der Waals surface area contributed by atoms with E-state index in [1.807, 2.05) is 0 Å². The largest absolute Gasteiger partial charge is 0.495 e. The number of aliphatic hydroxyl groups excluding tert-OH is 1. The van der Waals surface area contributed by atoms with Crippen molar-refractivity contribution in [1.82, 2.24) is 0 Å². The molecule has 2 aromatic rings. The number of aryl methyl sites for hydroxylation is 1. The van der Waals surface area contributed by atoms with Gasteiger partial charge < -0.3 is 18.8 Å². The van der Waals surface area contributed by atoms with Crippen molar-refractivity contribution in [2.24, 2.45) is 0 Å². The summed E-state index contributed by atoms with van der Waals surface area (Å²) in [4.78, 5) is -0.0539. The molecule has 0 aliphatic carbocycles. The Morgan fingerprint density at radius 1 is 1.09 bits per heavy atom. The van der Waals surface area contributed by atoms with E-state index in [9.17, 15) is 8.42 Å².